The summed E-state index contributed by atoms with van der Waals surface area (Å²) < 4.78 is 29.3. The predicted octanol–water partition coefficient (Wildman–Crippen LogP) is 3.14. The number of rotatable bonds is 3. The molecule has 10 unspecified atom stereocenters. The van der Waals surface area contributed by atoms with E-state index in [9.17, 15) is 44.4 Å². The Labute approximate surface area is 342 Å². The standard InChI is InChI=1S/C43H54N2O14/c1-17-14-29(47)24-15-25(24)36(50)19(3)35(49)20(4)39(58-23(7)46)18(2)30(55-9)12-13-56-43(8)41(53)34-32-27(44-26-10-11-31(48)57-22(26)6)16-28(45-42(17)54)38(52)33(32)37(51)21(5)40(34)59-43/h12-14,16,18-20,22,24-26,30-31,35-36,39,48-51H,10-11,15H2,1-9H3,(H,45,54)/b13-12+,17-14-,44-27?/t18?,19?,20?,22-,24?,25?,26+,30?,31-,35?,36?,39?,43?/m0/s1. The van der Waals surface area contributed by atoms with Crippen molar-refractivity contribution in [2.24, 2.45) is 34.6 Å². The molecule has 1 saturated heterocycles. The first kappa shape index (κ1) is 43.8. The van der Waals surface area contributed by atoms with Crippen LogP contribution in [0.4, 0.5) is 0 Å². The molecule has 4 heterocycles. The second-order valence-corrected chi connectivity index (χ2v) is 16.6. The molecular formula is C43H54N2O14. The lowest BCUT2D eigenvalue weighted by atomic mass is 9.79. The summed E-state index contributed by atoms with van der Waals surface area (Å²) in [6, 6.07) is -0.576. The molecule has 0 spiro atoms. The van der Waals surface area contributed by atoms with Crippen molar-refractivity contribution in [3.05, 3.63) is 58.0 Å². The van der Waals surface area contributed by atoms with Crippen LogP contribution in [0.3, 0.4) is 0 Å². The Morgan fingerprint density at radius 1 is 0.949 bits per heavy atom. The van der Waals surface area contributed by atoms with Crippen LogP contribution in [0.1, 0.15) is 99.6 Å². The van der Waals surface area contributed by atoms with E-state index in [4.69, 9.17) is 28.7 Å². The van der Waals surface area contributed by atoms with Crippen molar-refractivity contribution in [1.29, 1.82) is 0 Å². The number of amides is 1. The van der Waals surface area contributed by atoms with Crippen LogP contribution in [0.25, 0.3) is 0 Å². The number of Topliss-reactive ketones (excluding diaryl/α,β-unsaturated/α-hetero) is 2. The van der Waals surface area contributed by atoms with Gasteiger partial charge in [-0.05, 0) is 57.8 Å². The molecule has 13 atom stereocenters. The number of esters is 1. The van der Waals surface area contributed by atoms with Crippen LogP contribution in [0.2, 0.25) is 0 Å². The summed E-state index contributed by atoms with van der Waals surface area (Å²) in [5.74, 6) is -9.25. The fraction of sp³-hybridized carbons (Fsp3) is 0.581. The molecule has 2 fully saturated rings. The lowest BCUT2D eigenvalue weighted by Crippen LogP contribution is -2.46. The first-order valence-corrected chi connectivity index (χ1v) is 20.0. The Hall–Kier alpha value is -4.74. The largest absolute Gasteiger partial charge is 0.507 e. The lowest BCUT2D eigenvalue weighted by molar-refractivity contribution is -0.162. The van der Waals surface area contributed by atoms with Crippen LogP contribution in [-0.2, 0) is 33.3 Å². The van der Waals surface area contributed by atoms with Crippen molar-refractivity contribution >= 4 is 34.9 Å². The first-order valence-electron chi connectivity index (χ1n) is 20.0. The zero-order chi connectivity index (χ0) is 43.4. The number of phenolic OH excluding ortho intramolecular Hbond substituents is 1. The predicted molar refractivity (Wildman–Crippen MR) is 209 cm³/mol. The number of allylic oxidation sites excluding steroid dienone is 3. The van der Waals surface area contributed by atoms with Gasteiger partial charge in [0.25, 0.3) is 11.7 Å². The number of aliphatic hydroxyl groups is 3. The number of phenols is 1. The number of fused-ring (bicyclic) bond motifs is 12. The second kappa shape index (κ2) is 16.7. The molecule has 320 valence electrons. The molecule has 1 amide bonds. The number of aliphatic hydroxyl groups excluding tert-OH is 3. The molecule has 0 radical (unpaired) electrons. The number of benzene rings is 1. The Balaban J connectivity index is 1.48. The molecule has 16 nitrogen and oxygen atoms in total. The van der Waals surface area contributed by atoms with Crippen molar-refractivity contribution in [1.82, 2.24) is 5.32 Å². The molecule has 0 aromatic heterocycles. The van der Waals surface area contributed by atoms with Crippen LogP contribution < -0.4 is 10.1 Å². The zero-order valence-electron chi connectivity index (χ0n) is 34.7. The summed E-state index contributed by atoms with van der Waals surface area (Å²) in [5.41, 5.74) is -0.683. The molecule has 6 aliphatic rings. The van der Waals surface area contributed by atoms with Crippen molar-refractivity contribution in [2.45, 2.75) is 123 Å². The topological polar surface area (TPSA) is 237 Å². The number of ketones is 3. The first-order chi connectivity index (χ1) is 27.7. The Morgan fingerprint density at radius 3 is 2.29 bits per heavy atom. The van der Waals surface area contributed by atoms with E-state index in [1.54, 1.807) is 27.7 Å². The van der Waals surface area contributed by atoms with Crippen LogP contribution in [0.15, 0.2) is 40.8 Å². The molecule has 59 heavy (non-hydrogen) atoms. The highest BCUT2D eigenvalue weighted by molar-refractivity contribution is 6.32. The Morgan fingerprint density at radius 2 is 1.64 bits per heavy atom. The fourth-order valence-electron chi connectivity index (χ4n) is 8.69. The van der Waals surface area contributed by atoms with E-state index >= 15 is 0 Å². The average molecular weight is 823 g/mol. The van der Waals surface area contributed by atoms with E-state index in [0.29, 0.717) is 12.8 Å². The van der Waals surface area contributed by atoms with E-state index in [0.717, 1.165) is 6.08 Å². The van der Waals surface area contributed by atoms with Gasteiger partial charge in [0.15, 0.2) is 12.1 Å². The summed E-state index contributed by atoms with van der Waals surface area (Å²) in [5, 5.41) is 47.2. The third kappa shape index (κ3) is 8.25. The second-order valence-electron chi connectivity index (χ2n) is 16.6. The normalized spacial score (nSPS) is 38.6. The molecule has 1 aromatic carbocycles. The highest BCUT2D eigenvalue weighted by Gasteiger charge is 2.52. The van der Waals surface area contributed by atoms with Gasteiger partial charge in [-0.3, -0.25) is 29.0 Å². The van der Waals surface area contributed by atoms with Crippen LogP contribution in [-0.4, -0.2) is 111 Å². The van der Waals surface area contributed by atoms with E-state index in [1.165, 1.54) is 53.2 Å². The van der Waals surface area contributed by atoms with Gasteiger partial charge in [-0.25, -0.2) is 0 Å². The number of methoxy groups -OCH3 is 1. The van der Waals surface area contributed by atoms with Gasteiger partial charge >= 0.3 is 11.8 Å². The van der Waals surface area contributed by atoms with Gasteiger partial charge in [0, 0.05) is 67.7 Å². The van der Waals surface area contributed by atoms with E-state index in [1.807, 2.05) is 0 Å². The minimum Gasteiger partial charge on any atom is -0.507 e. The monoisotopic (exact) mass is 822 g/mol. The number of carbonyl (C=O) groups excluding carboxylic acids is 5. The highest BCUT2D eigenvalue weighted by atomic mass is 16.7. The molecular weight excluding hydrogens is 768 g/mol. The number of nitrogens with zero attached hydrogens (tertiary/aromatic N) is 1. The number of hydrogen-bond acceptors (Lipinski definition) is 15. The van der Waals surface area contributed by atoms with Gasteiger partial charge in [-0.15, -0.1) is 0 Å². The van der Waals surface area contributed by atoms with Gasteiger partial charge in [0.1, 0.15) is 17.6 Å². The van der Waals surface area contributed by atoms with Crippen molar-refractivity contribution < 1.29 is 68.1 Å². The maximum absolute atomic E-state index is 14.5. The zero-order valence-corrected chi connectivity index (χ0v) is 34.7. The van der Waals surface area contributed by atoms with Crippen molar-refractivity contribution in [3.8, 4) is 11.5 Å². The molecule has 4 aliphatic heterocycles. The minimum atomic E-state index is -2.03. The molecule has 5 N–H and O–H groups in total. The van der Waals surface area contributed by atoms with Gasteiger partial charge < -0.3 is 49.4 Å². The molecule has 16 heteroatoms. The summed E-state index contributed by atoms with van der Waals surface area (Å²) in [4.78, 5) is 73.1. The van der Waals surface area contributed by atoms with Gasteiger partial charge in [0.2, 0.25) is 5.78 Å². The molecule has 2 aliphatic carbocycles. The van der Waals surface area contributed by atoms with Crippen molar-refractivity contribution in [3.63, 3.8) is 0 Å². The lowest BCUT2D eigenvalue weighted by Gasteiger charge is -2.37. The summed E-state index contributed by atoms with van der Waals surface area (Å²) >= 11 is 0. The number of aliphatic imine (C=N–C) groups is 1. The maximum atomic E-state index is 14.5. The van der Waals surface area contributed by atoms with Gasteiger partial charge in [0.05, 0.1) is 59.3 Å². The molecule has 7 rings (SSSR count). The van der Waals surface area contributed by atoms with Crippen LogP contribution in [0.5, 0.6) is 11.5 Å². The average Bonchev–Trinajstić information content (AvgIpc) is 3.94. The highest BCUT2D eigenvalue weighted by Crippen LogP contribution is 2.49. The summed E-state index contributed by atoms with van der Waals surface area (Å²) in [6.45, 7) is 12.2. The Kier molecular flexibility index (Phi) is 12.4. The number of hydrogen-bond donors (Lipinski definition) is 5. The fourth-order valence-corrected chi connectivity index (χ4v) is 8.69. The van der Waals surface area contributed by atoms with E-state index in [-0.39, 0.29) is 51.4 Å². The summed E-state index contributed by atoms with van der Waals surface area (Å²) in [7, 11) is 1.42. The number of carbonyl (C=O) groups is 5. The number of ether oxygens (including phenoxy) is 5. The SMILES string of the molecule is COC1/C=C/OC2(C)Oc3c(C)c(O)c4c(c3C2=O)C(=N[C@@H]2CC[C@@H](O)O[C@H]2C)C=C(NC(=O)/C(C)=C\C(=O)C2CC2C(O)C(C)C(O)C(C)C(OC(C)=O)C1C)C4=O. The van der Waals surface area contributed by atoms with Crippen molar-refractivity contribution in [2.75, 3.05) is 7.11 Å². The number of nitrogens with one attached hydrogen (secondary N) is 1. The third-order valence-corrected chi connectivity index (χ3v) is 12.4. The Bertz CT molecular complexity index is 2050. The molecule has 1 saturated carbocycles. The molecule has 1 aromatic rings. The smallest absolute Gasteiger partial charge is 0.312 e. The van der Waals surface area contributed by atoms with E-state index < -0.39 is 113 Å². The van der Waals surface area contributed by atoms with E-state index in [2.05, 4.69) is 5.32 Å². The van der Waals surface area contributed by atoms with Gasteiger partial charge in [-0.1, -0.05) is 20.8 Å². The number of aromatic hydroxyl groups is 1. The summed E-state index contributed by atoms with van der Waals surface area (Å²) in [6.07, 6.45) is 0.385. The van der Waals surface area contributed by atoms with Crippen LogP contribution >= 0.6 is 0 Å². The maximum Gasteiger partial charge on any atom is 0.312 e. The van der Waals surface area contributed by atoms with Crippen LogP contribution in [0, 0.1) is 36.5 Å². The third-order valence-electron chi connectivity index (χ3n) is 12.4. The molecule has 5 bridgehead atoms. The minimum absolute atomic E-state index is 0.0441. The quantitative estimate of drug-likeness (QED) is 0.276. The van der Waals surface area contributed by atoms with Gasteiger partial charge in [-0.2, -0.15) is 0 Å².